The molecule has 4 aromatic rings. The van der Waals surface area contributed by atoms with Crippen molar-refractivity contribution < 1.29 is 23.0 Å². The Balaban J connectivity index is 1.18. The van der Waals surface area contributed by atoms with E-state index >= 15 is 4.39 Å². The summed E-state index contributed by atoms with van der Waals surface area (Å²) in [5.74, 6) is 1.13. The number of piperidine rings is 1. The second-order valence-corrected chi connectivity index (χ2v) is 15.4. The van der Waals surface area contributed by atoms with Crippen LogP contribution >= 0.6 is 0 Å². The summed E-state index contributed by atoms with van der Waals surface area (Å²) in [5, 5.41) is 16.2. The zero-order valence-corrected chi connectivity index (χ0v) is 28.6. The number of alkyl halides is 2. The maximum absolute atomic E-state index is 17.0. The Bertz CT molecular complexity index is 1970. The number of pyridine rings is 1. The van der Waals surface area contributed by atoms with Crippen LogP contribution in [0.4, 0.5) is 19.0 Å². The number of anilines is 1. The second kappa shape index (κ2) is 12.6. The number of phenols is 1. The van der Waals surface area contributed by atoms with E-state index in [2.05, 4.69) is 44.9 Å². The molecule has 4 fully saturated rings. The largest absolute Gasteiger partial charge is 0.508 e. The number of fused-ring (bicyclic) bond motifs is 4. The zero-order valence-electron chi connectivity index (χ0n) is 28.6. The predicted molar refractivity (Wildman–Crippen MR) is 188 cm³/mol. The quantitative estimate of drug-likeness (QED) is 0.206. The highest BCUT2D eigenvalue weighted by Crippen LogP contribution is 2.47. The SMILES string of the molecule is C#Cc1cccc2cc(O)cc(-c3ncc4c(N5CC6CC(C)C(C)CC(C5)N6)nc(OCC5(CN6CCC(F)(F)CC6)CC5)nc4c3F)c12. The van der Waals surface area contributed by atoms with E-state index in [4.69, 9.17) is 16.1 Å². The van der Waals surface area contributed by atoms with Crippen LogP contribution in [0.15, 0.2) is 36.5 Å². The van der Waals surface area contributed by atoms with Crippen molar-refractivity contribution in [3.05, 3.63) is 47.9 Å². The normalized spacial score (nSPS) is 26.0. The minimum absolute atomic E-state index is 0.0221. The van der Waals surface area contributed by atoms with E-state index in [1.807, 2.05) is 6.07 Å². The number of benzene rings is 2. The first-order valence-electron chi connectivity index (χ1n) is 17.8. The van der Waals surface area contributed by atoms with Gasteiger partial charge in [0, 0.05) is 85.8 Å². The number of phenolic OH excluding ortho intramolecular Hbond substituents is 1. The summed E-state index contributed by atoms with van der Waals surface area (Å²) in [4.78, 5) is 18.6. The molecule has 3 aliphatic heterocycles. The van der Waals surface area contributed by atoms with Gasteiger partial charge in [-0.25, -0.2) is 13.2 Å². The monoisotopic (exact) mass is 684 g/mol. The third kappa shape index (κ3) is 6.33. The first-order valence-corrected chi connectivity index (χ1v) is 17.8. The lowest BCUT2D eigenvalue weighted by Gasteiger charge is -2.39. The van der Waals surface area contributed by atoms with Gasteiger partial charge in [-0.15, -0.1) is 6.42 Å². The van der Waals surface area contributed by atoms with E-state index in [0.717, 1.165) is 25.7 Å². The molecule has 5 heterocycles. The summed E-state index contributed by atoms with van der Waals surface area (Å²) in [6.07, 6.45) is 11.1. The molecule has 4 unspecified atom stereocenters. The van der Waals surface area contributed by atoms with E-state index in [1.54, 1.807) is 24.4 Å². The van der Waals surface area contributed by atoms with Gasteiger partial charge >= 0.3 is 6.01 Å². The minimum atomic E-state index is -2.60. The molecule has 1 saturated carbocycles. The van der Waals surface area contributed by atoms with Crippen LogP contribution in [0.2, 0.25) is 0 Å². The van der Waals surface area contributed by atoms with Crippen LogP contribution in [0.3, 0.4) is 0 Å². The molecule has 11 heteroatoms. The maximum Gasteiger partial charge on any atom is 0.319 e. The van der Waals surface area contributed by atoms with E-state index in [1.165, 1.54) is 6.07 Å². The number of terminal acetylenes is 1. The number of hydrogen-bond donors (Lipinski definition) is 2. The fraction of sp³-hybridized carbons (Fsp3) is 0.513. The number of nitrogens with one attached hydrogen (secondary N) is 1. The number of likely N-dealkylation sites (tertiary alicyclic amines) is 1. The lowest BCUT2D eigenvalue weighted by Crippen LogP contribution is -2.56. The molecule has 2 N–H and O–H groups in total. The van der Waals surface area contributed by atoms with Gasteiger partial charge in [-0.2, -0.15) is 9.97 Å². The Morgan fingerprint density at radius 1 is 1.04 bits per heavy atom. The number of piperazine rings is 1. The Morgan fingerprint density at radius 2 is 1.76 bits per heavy atom. The topological polar surface area (TPSA) is 86.6 Å². The predicted octanol–water partition coefficient (Wildman–Crippen LogP) is 6.77. The number of ether oxygens (including phenoxy) is 1. The highest BCUT2D eigenvalue weighted by molar-refractivity contribution is 6.02. The van der Waals surface area contributed by atoms with Gasteiger partial charge in [0.15, 0.2) is 5.82 Å². The summed E-state index contributed by atoms with van der Waals surface area (Å²) in [7, 11) is 0. The van der Waals surface area contributed by atoms with Crippen LogP contribution in [0.5, 0.6) is 11.8 Å². The number of nitrogens with zero attached hydrogens (tertiary/aromatic N) is 5. The third-order valence-electron chi connectivity index (χ3n) is 11.6. The second-order valence-electron chi connectivity index (χ2n) is 15.4. The van der Waals surface area contributed by atoms with Gasteiger partial charge in [0.25, 0.3) is 5.92 Å². The molecule has 0 amide bonds. The standard InChI is InChI=1S/C39H43F3N6O2/c1-4-25-6-5-7-26-16-29(49)17-30(32(25)26)34-33(40)35-31(18-43-34)36(48-19-27-14-23(2)24(3)15-28(20-48)44-27)46-37(45-35)50-22-38(8-9-38)21-47-12-10-39(41,42)11-13-47/h1,5-7,16-18,23-24,27-28,44,49H,8-15,19-22H2,2-3H3. The van der Waals surface area contributed by atoms with Gasteiger partial charge in [0.05, 0.1) is 12.0 Å². The highest BCUT2D eigenvalue weighted by atomic mass is 19.3. The summed E-state index contributed by atoms with van der Waals surface area (Å²) in [6.45, 7) is 7.73. The Kier molecular flexibility index (Phi) is 8.30. The summed E-state index contributed by atoms with van der Waals surface area (Å²) < 4.78 is 51.0. The molecular formula is C39H43F3N6O2. The van der Waals surface area contributed by atoms with Crippen molar-refractivity contribution >= 4 is 27.5 Å². The van der Waals surface area contributed by atoms with Gasteiger partial charge < -0.3 is 25.0 Å². The van der Waals surface area contributed by atoms with Gasteiger partial charge in [-0.1, -0.05) is 31.9 Å². The van der Waals surface area contributed by atoms with E-state index in [-0.39, 0.29) is 53.3 Å². The molecule has 0 spiro atoms. The van der Waals surface area contributed by atoms with Gasteiger partial charge in [0.1, 0.15) is 22.8 Å². The van der Waals surface area contributed by atoms with Gasteiger partial charge in [-0.3, -0.25) is 4.98 Å². The fourth-order valence-corrected chi connectivity index (χ4v) is 8.35. The Labute approximate surface area is 290 Å². The molecule has 8 nitrogen and oxygen atoms in total. The molecule has 50 heavy (non-hydrogen) atoms. The average Bonchev–Trinajstić information content (AvgIpc) is 3.87. The van der Waals surface area contributed by atoms with Crippen molar-refractivity contribution in [1.29, 1.82) is 0 Å². The number of aromatic nitrogens is 3. The van der Waals surface area contributed by atoms with Gasteiger partial charge in [-0.05, 0) is 61.1 Å². The van der Waals surface area contributed by atoms with Crippen LogP contribution in [0, 0.1) is 35.4 Å². The molecule has 1 aliphatic carbocycles. The van der Waals surface area contributed by atoms with Crippen LogP contribution in [-0.4, -0.2) is 82.3 Å². The molecule has 262 valence electrons. The van der Waals surface area contributed by atoms with Crippen molar-refractivity contribution in [2.24, 2.45) is 17.3 Å². The number of rotatable bonds is 7. The Morgan fingerprint density at radius 3 is 2.44 bits per heavy atom. The first-order chi connectivity index (χ1) is 24.0. The highest BCUT2D eigenvalue weighted by Gasteiger charge is 2.47. The zero-order chi connectivity index (χ0) is 34.8. The van der Waals surface area contributed by atoms with Crippen molar-refractivity contribution in [2.75, 3.05) is 44.2 Å². The van der Waals surface area contributed by atoms with Crippen molar-refractivity contribution in [3.63, 3.8) is 0 Å². The smallest absolute Gasteiger partial charge is 0.319 e. The van der Waals surface area contributed by atoms with Crippen molar-refractivity contribution in [3.8, 4) is 35.4 Å². The first kappa shape index (κ1) is 33.0. The number of hydrogen-bond acceptors (Lipinski definition) is 8. The molecule has 0 radical (unpaired) electrons. The van der Waals surface area contributed by atoms with Crippen molar-refractivity contribution in [1.82, 2.24) is 25.2 Å². The lowest BCUT2D eigenvalue weighted by atomic mass is 9.89. The lowest BCUT2D eigenvalue weighted by molar-refractivity contribution is -0.0591. The number of aromatic hydroxyl groups is 1. The van der Waals surface area contributed by atoms with Crippen LogP contribution < -0.4 is 15.0 Å². The van der Waals surface area contributed by atoms with E-state index in [9.17, 15) is 13.9 Å². The molecule has 3 saturated heterocycles. The van der Waals surface area contributed by atoms with Crippen LogP contribution in [0.1, 0.15) is 57.9 Å². The minimum Gasteiger partial charge on any atom is -0.508 e. The molecule has 2 aromatic heterocycles. The summed E-state index contributed by atoms with van der Waals surface area (Å²) in [5.41, 5.74) is 0.862. The molecular weight excluding hydrogens is 641 g/mol. The molecule has 2 bridgehead atoms. The molecule has 8 rings (SSSR count). The number of halogens is 3. The average molecular weight is 685 g/mol. The molecule has 2 aromatic carbocycles. The van der Waals surface area contributed by atoms with E-state index in [0.29, 0.717) is 84.3 Å². The van der Waals surface area contributed by atoms with Crippen LogP contribution in [0.25, 0.3) is 32.9 Å². The van der Waals surface area contributed by atoms with E-state index < -0.39 is 11.7 Å². The summed E-state index contributed by atoms with van der Waals surface area (Å²) >= 11 is 0. The maximum atomic E-state index is 17.0. The molecule has 4 atom stereocenters. The van der Waals surface area contributed by atoms with Crippen LogP contribution in [-0.2, 0) is 0 Å². The molecule has 4 aliphatic rings. The third-order valence-corrected chi connectivity index (χ3v) is 11.6. The fourth-order valence-electron chi connectivity index (χ4n) is 8.35. The Hall–Kier alpha value is -4.14. The summed E-state index contributed by atoms with van der Waals surface area (Å²) in [6, 6.07) is 9.07. The van der Waals surface area contributed by atoms with Crippen molar-refractivity contribution in [2.45, 2.75) is 70.4 Å². The van der Waals surface area contributed by atoms with Gasteiger partial charge in [0.2, 0.25) is 0 Å².